The molecule has 0 aliphatic carbocycles. The largest absolute Gasteiger partial charge is 0.471 e. The zero-order valence-corrected chi connectivity index (χ0v) is 54.8. The van der Waals surface area contributed by atoms with E-state index in [1.165, 1.54) is 22.7 Å². The average molecular weight is 1510 g/mol. The van der Waals surface area contributed by atoms with Gasteiger partial charge < -0.3 is 48.2 Å². The molecule has 1 unspecified atom stereocenters. The third kappa shape index (κ3) is 21.8. The van der Waals surface area contributed by atoms with Crippen LogP contribution in [0.4, 0.5) is 70.9 Å². The number of ether oxygens (including phenoxy) is 3. The summed E-state index contributed by atoms with van der Waals surface area (Å²) < 4.78 is 110. The van der Waals surface area contributed by atoms with Crippen molar-refractivity contribution in [3.8, 4) is 21.4 Å². The fourth-order valence-corrected chi connectivity index (χ4v) is 10.9. The number of thiophene rings is 2. The molecule has 40 heteroatoms. The van der Waals surface area contributed by atoms with Crippen LogP contribution in [0, 0.1) is 0 Å². The van der Waals surface area contributed by atoms with E-state index in [-0.39, 0.29) is 11.6 Å². The van der Waals surface area contributed by atoms with E-state index in [4.69, 9.17) is 37.4 Å². The van der Waals surface area contributed by atoms with E-state index in [1.54, 1.807) is 92.3 Å². The first-order valence-corrected chi connectivity index (χ1v) is 31.4. The topological polar surface area (TPSA) is 285 Å². The first-order valence-electron chi connectivity index (χ1n) is 26.6. The number of anilines is 7. The number of hydrogen-bond acceptors (Lipinski definition) is 28. The molecule has 1 atom stereocenters. The van der Waals surface area contributed by atoms with Gasteiger partial charge in [-0.1, -0.05) is 49.4 Å². The van der Waals surface area contributed by atoms with Crippen molar-refractivity contribution >= 4 is 128 Å². The molecule has 10 aromatic rings. The maximum atomic E-state index is 12.8. The molecule has 3 aliphatic heterocycles. The van der Waals surface area contributed by atoms with Crippen LogP contribution in [-0.4, -0.2) is 160 Å². The molecule has 13 heterocycles. The number of aromatic nitrogens is 16. The van der Waals surface area contributed by atoms with Crippen molar-refractivity contribution < 1.29 is 53.8 Å². The second-order valence-corrected chi connectivity index (χ2v) is 22.8. The Bertz CT molecular complexity index is 3790. The highest BCUT2D eigenvalue weighted by Crippen LogP contribution is 2.35. The minimum atomic E-state index is -4.70. The summed E-state index contributed by atoms with van der Waals surface area (Å²) in [5.74, 6) is -0.457. The average Bonchev–Trinajstić information content (AvgIpc) is 1.55. The van der Waals surface area contributed by atoms with E-state index < -0.39 is 24.1 Å². The molecule has 1 N–H and O–H groups in total. The number of nitrogens with zero attached hydrogens (tertiary/aromatic N) is 20. The van der Waals surface area contributed by atoms with Crippen LogP contribution in [0.25, 0.3) is 21.4 Å². The Morgan fingerprint density at radius 3 is 1.48 bits per heavy atom. The summed E-state index contributed by atoms with van der Waals surface area (Å²) in [6.45, 7) is 9.63. The Kier molecular flexibility index (Phi) is 27.2. The molecule has 0 bridgehead atoms. The predicted molar refractivity (Wildman–Crippen MR) is 337 cm³/mol. The van der Waals surface area contributed by atoms with Crippen LogP contribution in [0.15, 0.2) is 124 Å². The second-order valence-electron chi connectivity index (χ2n) is 18.2. The number of alkyl halides is 7. The van der Waals surface area contributed by atoms with Crippen LogP contribution in [0.1, 0.15) is 21.5 Å². The first kappa shape index (κ1) is 70.4. The molecule has 92 heavy (non-hydrogen) atoms. The summed E-state index contributed by atoms with van der Waals surface area (Å²) in [6.07, 6.45) is 7.09. The van der Waals surface area contributed by atoms with Crippen LogP contribution in [0.2, 0.25) is 10.3 Å². The lowest BCUT2D eigenvalue weighted by molar-refractivity contribution is -0.160. The molecule has 3 fully saturated rings. The van der Waals surface area contributed by atoms with Gasteiger partial charge in [0.2, 0.25) is 11.6 Å². The lowest BCUT2D eigenvalue weighted by Gasteiger charge is -2.29. The van der Waals surface area contributed by atoms with Crippen molar-refractivity contribution in [3.63, 3.8) is 0 Å². The van der Waals surface area contributed by atoms with E-state index in [2.05, 4.69) is 142 Å². The van der Waals surface area contributed by atoms with Crippen LogP contribution in [0.5, 0.6) is 0 Å². The van der Waals surface area contributed by atoms with Crippen molar-refractivity contribution in [1.29, 1.82) is 0 Å². The van der Waals surface area contributed by atoms with Crippen LogP contribution in [0.3, 0.4) is 0 Å². The molecule has 3 aliphatic rings. The Morgan fingerprint density at radius 2 is 1.02 bits per heavy atom. The van der Waals surface area contributed by atoms with Crippen molar-refractivity contribution in [2.24, 2.45) is 0 Å². The quantitative estimate of drug-likeness (QED) is 0.0675. The summed E-state index contributed by atoms with van der Waals surface area (Å²) in [7, 11) is 0.917. The lowest BCUT2D eigenvalue weighted by Crippen LogP contribution is -2.36. The molecule has 13 rings (SSSR count). The highest BCUT2D eigenvalue weighted by molar-refractivity contribution is 9.10. The van der Waals surface area contributed by atoms with Gasteiger partial charge in [0.1, 0.15) is 5.82 Å². The normalized spacial score (nSPS) is 13.9. The van der Waals surface area contributed by atoms with Gasteiger partial charge in [0.05, 0.1) is 120 Å². The first-order chi connectivity index (χ1) is 44.5. The summed E-state index contributed by atoms with van der Waals surface area (Å²) in [5, 5.41) is 42.4. The summed E-state index contributed by atoms with van der Waals surface area (Å²) in [6, 6.07) is 14.2. The molecule has 10 aromatic heterocycles. The van der Waals surface area contributed by atoms with Crippen molar-refractivity contribution in [2.45, 2.75) is 24.2 Å². The van der Waals surface area contributed by atoms with Gasteiger partial charge >= 0.3 is 24.1 Å². The number of rotatable bonds is 12. The number of hydrogen-bond donors (Lipinski definition) is 1. The Hall–Kier alpha value is -7.48. The number of nitrogens with one attached hydrogen (secondary N) is 1. The highest BCUT2D eigenvalue weighted by atomic mass is 79.9. The van der Waals surface area contributed by atoms with Crippen molar-refractivity contribution in [3.05, 3.63) is 147 Å². The van der Waals surface area contributed by atoms with E-state index >= 15 is 0 Å². The van der Waals surface area contributed by atoms with Crippen molar-refractivity contribution in [2.75, 3.05) is 104 Å². The van der Waals surface area contributed by atoms with Gasteiger partial charge in [-0.3, -0.25) is 9.97 Å². The van der Waals surface area contributed by atoms with Crippen LogP contribution < -0.4 is 24.9 Å². The summed E-state index contributed by atoms with van der Waals surface area (Å²) in [4.78, 5) is 34.6. The lowest BCUT2D eigenvalue weighted by atomic mass is 10.3. The van der Waals surface area contributed by atoms with Gasteiger partial charge in [-0.05, 0) is 46.3 Å². The van der Waals surface area contributed by atoms with E-state index in [9.17, 15) is 30.5 Å². The Labute approximate surface area is 555 Å². The minimum Gasteiger partial charge on any atom is -0.378 e. The third-order valence-electron chi connectivity index (χ3n) is 12.1. The fraction of sp³-hybridized carbons (Fsp3) is 0.308. The zero-order chi connectivity index (χ0) is 65.3. The Balaban J connectivity index is 0.000000160. The van der Waals surface area contributed by atoms with Gasteiger partial charge in [0.15, 0.2) is 27.8 Å². The van der Waals surface area contributed by atoms with E-state index in [1.807, 2.05) is 23.1 Å². The fourth-order valence-electron chi connectivity index (χ4n) is 7.92. The standard InChI is InChI=1S/C20H17F3N8O2S.C12H14N6O.C8H4BrF3N2OS.C8H10ClN3O.C4H2BrClN2.FH2P/c21-20(22,23)19-27-18(29-33-19)15-2-1-14(34-15)12-31(17-11-24-3-4-25-17)16-9-13(10-26-28-16)30-5-7-32-8-6-30;1-2-14-12(9-13-1)16-11-7-10(8-15-17-11)18-3-5-19-6-4-18;9-3-4-1-2-5(16-4)6-13-7(15-14-6)8(10,11)12;9-8-5-7(6-10-11-8)12-1-3-13-4-2-12;5-3-1-4(6)8-7-2-3;1-2/h1-4,9-11H,5-8,12H2;1-2,7-9H,3-6H2,(H,14,16,17);1-2H,3H2;5-6H,1-4H2;1-2H;2H2. The van der Waals surface area contributed by atoms with Gasteiger partial charge in [-0.15, -0.1) is 43.1 Å². The molecular weight excluding hydrogens is 1460 g/mol. The molecule has 0 radical (unpaired) electrons. The molecule has 26 nitrogen and oxygen atoms in total. The molecule has 486 valence electrons. The zero-order valence-electron chi connectivity index (χ0n) is 47.3. The maximum Gasteiger partial charge on any atom is 0.471 e. The van der Waals surface area contributed by atoms with Crippen LogP contribution in [-0.2, 0) is 38.4 Å². The van der Waals surface area contributed by atoms with Gasteiger partial charge in [0, 0.05) is 102 Å². The van der Waals surface area contributed by atoms with Gasteiger partial charge in [-0.25, -0.2) is 14.2 Å². The molecule has 0 spiro atoms. The number of morpholine rings is 3. The number of halogens is 11. The molecule has 0 aromatic carbocycles. The maximum absolute atomic E-state index is 12.8. The van der Waals surface area contributed by atoms with Gasteiger partial charge in [0.25, 0.3) is 0 Å². The van der Waals surface area contributed by atoms with E-state index in [0.29, 0.717) is 68.4 Å². The van der Waals surface area contributed by atoms with Gasteiger partial charge in [-0.2, -0.15) is 56.7 Å². The van der Waals surface area contributed by atoms with Crippen molar-refractivity contribution in [1.82, 2.24) is 81.0 Å². The van der Waals surface area contributed by atoms with E-state index in [0.717, 1.165) is 107 Å². The monoisotopic (exact) mass is 1500 g/mol. The SMILES string of the molecule is Clc1cc(Br)cnn1.Clc1cc(N2CCOCC2)cnn1.FC(F)(F)c1nc(-c2ccc(CBr)s2)no1.FC(F)(F)c1nc(-c2ccc(CN(c3cnccn3)c3cc(N4CCOCC4)cnn3)s2)no1.FP.c1cnc(Nc2cc(N3CCOCC3)cnn2)cn1. The molecule has 0 amide bonds. The molecule has 3 saturated heterocycles. The third-order valence-corrected chi connectivity index (χ3v) is 16.0. The van der Waals surface area contributed by atoms with Crippen LogP contribution >= 0.6 is 87.3 Å². The molecular formula is C52H49Br2Cl2F7N21O5PS2. The smallest absolute Gasteiger partial charge is 0.378 e. The molecule has 0 saturated carbocycles. The Morgan fingerprint density at radius 1 is 0.543 bits per heavy atom. The highest BCUT2D eigenvalue weighted by Gasteiger charge is 2.39. The predicted octanol–water partition coefficient (Wildman–Crippen LogP) is 11.7. The minimum absolute atomic E-state index is 0.0375. The summed E-state index contributed by atoms with van der Waals surface area (Å²) in [5.41, 5.74) is 2.95. The summed E-state index contributed by atoms with van der Waals surface area (Å²) >= 11 is 20.1. The second kappa shape index (κ2) is 35.5.